The second-order valence-electron chi connectivity index (χ2n) is 4.10. The predicted molar refractivity (Wildman–Crippen MR) is 80.4 cm³/mol. The first kappa shape index (κ1) is 16.5. The lowest BCUT2D eigenvalue weighted by molar-refractivity contribution is -0.115. The molecule has 0 heterocycles. The molecule has 1 rings (SSSR count). The van der Waals surface area contributed by atoms with Crippen molar-refractivity contribution >= 4 is 28.1 Å². The van der Waals surface area contributed by atoms with Crippen LogP contribution in [0.1, 0.15) is 6.42 Å². The molecule has 0 aliphatic carbocycles. The van der Waals surface area contributed by atoms with Crippen LogP contribution in [0.25, 0.3) is 0 Å². The zero-order valence-electron chi connectivity index (χ0n) is 11.7. The summed E-state index contributed by atoms with van der Waals surface area (Å²) in [6, 6.07) is 4.98. The van der Waals surface area contributed by atoms with Gasteiger partial charge >= 0.3 is 0 Å². The number of nitrogens with two attached hydrogens (primary N) is 1. The molecule has 0 saturated heterocycles. The lowest BCUT2D eigenvalue weighted by atomic mass is 10.2. The number of nitrogens with one attached hydrogen (secondary N) is 1. The van der Waals surface area contributed by atoms with Crippen LogP contribution >= 0.6 is 0 Å². The highest BCUT2D eigenvalue weighted by atomic mass is 32.2. The lowest BCUT2D eigenvalue weighted by Crippen LogP contribution is -2.17. The minimum Gasteiger partial charge on any atom is -0.494 e. The van der Waals surface area contributed by atoms with Gasteiger partial charge in [-0.2, -0.15) is 0 Å². The summed E-state index contributed by atoms with van der Waals surface area (Å²) < 4.78 is 21.5. The predicted octanol–water partition coefficient (Wildman–Crippen LogP) is 1.00. The van der Waals surface area contributed by atoms with Gasteiger partial charge in [0.2, 0.25) is 5.91 Å². The molecule has 7 heteroatoms. The largest absolute Gasteiger partial charge is 0.494 e. The number of methoxy groups -OCH3 is 2. The zero-order valence-corrected chi connectivity index (χ0v) is 12.5. The molecule has 1 amide bonds. The molecule has 112 valence electrons. The van der Waals surface area contributed by atoms with Crippen molar-refractivity contribution in [2.75, 3.05) is 43.4 Å². The normalized spacial score (nSPS) is 11.9. The summed E-state index contributed by atoms with van der Waals surface area (Å²) in [6.07, 6.45) is 0.184. The molecule has 1 aromatic carbocycles. The second-order valence-corrected chi connectivity index (χ2v) is 5.79. The van der Waals surface area contributed by atoms with Gasteiger partial charge in [0.05, 0.1) is 19.4 Å². The quantitative estimate of drug-likeness (QED) is 0.699. The standard InChI is InChI=1S/C13H20N2O4S/c1-18-6-8-20(17)7-5-13(16)15-11-4-3-10(14)9-12(11)19-2/h3-4,9H,5-8,14H2,1-2H3,(H,15,16). The number of nitrogen functional groups attached to an aromatic ring is 1. The minimum absolute atomic E-state index is 0.184. The number of carbonyl (C=O) groups excluding carboxylic acids is 1. The van der Waals surface area contributed by atoms with Crippen LogP contribution in [0, 0.1) is 0 Å². The van der Waals surface area contributed by atoms with Crippen LogP contribution in [0.15, 0.2) is 18.2 Å². The van der Waals surface area contributed by atoms with Gasteiger partial charge in [-0.1, -0.05) is 0 Å². The molecule has 0 aliphatic rings. The van der Waals surface area contributed by atoms with Gasteiger partial charge in [0.15, 0.2) is 0 Å². The van der Waals surface area contributed by atoms with Crippen LogP contribution in [0.5, 0.6) is 5.75 Å². The first-order chi connectivity index (χ1) is 9.56. The van der Waals surface area contributed by atoms with Gasteiger partial charge in [0.25, 0.3) is 0 Å². The molecule has 0 aliphatic heterocycles. The number of ether oxygens (including phenoxy) is 2. The van der Waals surface area contributed by atoms with E-state index in [4.69, 9.17) is 15.2 Å². The summed E-state index contributed by atoms with van der Waals surface area (Å²) in [4.78, 5) is 11.8. The van der Waals surface area contributed by atoms with Crippen molar-refractivity contribution in [2.45, 2.75) is 6.42 Å². The molecular weight excluding hydrogens is 280 g/mol. The van der Waals surface area contributed by atoms with Crippen molar-refractivity contribution in [3.8, 4) is 5.75 Å². The van der Waals surface area contributed by atoms with Crippen molar-refractivity contribution in [3.05, 3.63) is 18.2 Å². The Morgan fingerprint density at radius 3 is 2.75 bits per heavy atom. The van der Waals surface area contributed by atoms with Crippen LogP contribution in [0.4, 0.5) is 11.4 Å². The highest BCUT2D eigenvalue weighted by Crippen LogP contribution is 2.26. The number of anilines is 2. The molecule has 1 atom stereocenters. The monoisotopic (exact) mass is 300 g/mol. The Bertz CT molecular complexity index is 479. The Morgan fingerprint density at radius 1 is 1.35 bits per heavy atom. The molecule has 0 radical (unpaired) electrons. The fourth-order valence-corrected chi connectivity index (χ4v) is 2.48. The Morgan fingerprint density at radius 2 is 2.10 bits per heavy atom. The van der Waals surface area contributed by atoms with E-state index >= 15 is 0 Å². The van der Waals surface area contributed by atoms with Gasteiger partial charge < -0.3 is 20.5 Å². The van der Waals surface area contributed by atoms with Crippen LogP contribution in [-0.4, -0.2) is 42.4 Å². The maximum atomic E-state index is 11.8. The van der Waals surface area contributed by atoms with E-state index in [-0.39, 0.29) is 12.3 Å². The van der Waals surface area contributed by atoms with Crippen LogP contribution in [0.2, 0.25) is 0 Å². The third-order valence-electron chi connectivity index (χ3n) is 2.57. The first-order valence-corrected chi connectivity index (χ1v) is 7.63. The summed E-state index contributed by atoms with van der Waals surface area (Å²) in [7, 11) is 2.01. The smallest absolute Gasteiger partial charge is 0.225 e. The topological polar surface area (TPSA) is 90.7 Å². The third-order valence-corrected chi connectivity index (χ3v) is 3.85. The fraction of sp³-hybridized carbons (Fsp3) is 0.462. The van der Waals surface area contributed by atoms with Crippen LogP contribution in [-0.2, 0) is 20.3 Å². The SMILES string of the molecule is COCCS(=O)CCC(=O)Nc1ccc(N)cc1OC. The number of benzene rings is 1. The second kappa shape index (κ2) is 8.55. The molecule has 0 aromatic heterocycles. The number of hydrogen-bond acceptors (Lipinski definition) is 5. The molecule has 0 saturated carbocycles. The van der Waals surface area contributed by atoms with E-state index in [0.29, 0.717) is 35.2 Å². The van der Waals surface area contributed by atoms with Crippen molar-refractivity contribution < 1.29 is 18.5 Å². The lowest BCUT2D eigenvalue weighted by Gasteiger charge is -2.10. The Hall–Kier alpha value is -1.60. The van der Waals surface area contributed by atoms with Crippen LogP contribution in [0.3, 0.4) is 0 Å². The molecule has 1 unspecified atom stereocenters. The van der Waals surface area contributed by atoms with E-state index in [1.165, 1.54) is 7.11 Å². The first-order valence-electron chi connectivity index (χ1n) is 6.14. The third kappa shape index (κ3) is 5.58. The number of amides is 1. The van der Waals surface area contributed by atoms with E-state index in [2.05, 4.69) is 5.32 Å². The van der Waals surface area contributed by atoms with Gasteiger partial charge in [-0.3, -0.25) is 9.00 Å². The summed E-state index contributed by atoms with van der Waals surface area (Å²) in [5, 5.41) is 2.71. The molecule has 0 bridgehead atoms. The molecule has 6 nitrogen and oxygen atoms in total. The molecule has 0 spiro atoms. The van der Waals surface area contributed by atoms with E-state index in [0.717, 1.165) is 0 Å². The minimum atomic E-state index is -1.05. The summed E-state index contributed by atoms with van der Waals surface area (Å²) >= 11 is 0. The molecule has 3 N–H and O–H groups in total. The number of rotatable bonds is 8. The number of hydrogen-bond donors (Lipinski definition) is 2. The number of carbonyl (C=O) groups is 1. The van der Waals surface area contributed by atoms with Crippen molar-refractivity contribution in [3.63, 3.8) is 0 Å². The van der Waals surface area contributed by atoms with Crippen molar-refractivity contribution in [2.24, 2.45) is 0 Å². The zero-order chi connectivity index (χ0) is 15.0. The van der Waals surface area contributed by atoms with Gasteiger partial charge in [0, 0.05) is 47.6 Å². The highest BCUT2D eigenvalue weighted by Gasteiger charge is 2.09. The van der Waals surface area contributed by atoms with Gasteiger partial charge in [-0.25, -0.2) is 0 Å². The van der Waals surface area contributed by atoms with Crippen molar-refractivity contribution in [1.82, 2.24) is 0 Å². The Labute approximate surface area is 121 Å². The Kier molecular flexibility index (Phi) is 7.03. The molecular formula is C13H20N2O4S. The van der Waals surface area contributed by atoms with Gasteiger partial charge in [0.1, 0.15) is 5.75 Å². The fourth-order valence-electron chi connectivity index (χ4n) is 1.51. The highest BCUT2D eigenvalue weighted by molar-refractivity contribution is 7.85. The maximum absolute atomic E-state index is 11.8. The van der Waals surface area contributed by atoms with Crippen LogP contribution < -0.4 is 15.8 Å². The molecule has 1 aromatic rings. The molecule has 0 fully saturated rings. The summed E-state index contributed by atoms with van der Waals surface area (Å²) in [6.45, 7) is 0.431. The van der Waals surface area contributed by atoms with Crippen molar-refractivity contribution in [1.29, 1.82) is 0 Å². The Balaban J connectivity index is 2.48. The van der Waals surface area contributed by atoms with Gasteiger partial charge in [-0.15, -0.1) is 0 Å². The van der Waals surface area contributed by atoms with E-state index in [9.17, 15) is 9.00 Å². The summed E-state index contributed by atoms with van der Waals surface area (Å²) in [5.74, 6) is 1.04. The van der Waals surface area contributed by atoms with Gasteiger partial charge in [-0.05, 0) is 12.1 Å². The van der Waals surface area contributed by atoms with E-state index in [1.54, 1.807) is 25.3 Å². The summed E-state index contributed by atoms with van der Waals surface area (Å²) in [5.41, 5.74) is 6.74. The average Bonchev–Trinajstić information content (AvgIpc) is 2.44. The van der Waals surface area contributed by atoms with E-state index < -0.39 is 10.8 Å². The average molecular weight is 300 g/mol. The van der Waals surface area contributed by atoms with E-state index in [1.807, 2.05) is 0 Å². The molecule has 20 heavy (non-hydrogen) atoms. The maximum Gasteiger partial charge on any atom is 0.225 e.